The first-order chi connectivity index (χ1) is 12.0. The summed E-state index contributed by atoms with van der Waals surface area (Å²) in [6.45, 7) is 2.01. The van der Waals surface area contributed by atoms with Gasteiger partial charge in [-0.3, -0.25) is 14.4 Å². The van der Waals surface area contributed by atoms with Crippen LogP contribution in [0, 0.1) is 0 Å². The van der Waals surface area contributed by atoms with Gasteiger partial charge in [-0.05, 0) is 24.6 Å². The molecule has 1 N–H and O–H groups in total. The predicted octanol–water partition coefficient (Wildman–Crippen LogP) is 1.30. The van der Waals surface area contributed by atoms with Crippen LogP contribution in [0.1, 0.15) is 18.5 Å². The van der Waals surface area contributed by atoms with Crippen LogP contribution < -0.4 is 14.8 Å². The Morgan fingerprint density at radius 3 is 2.92 bits per heavy atom. The lowest BCUT2D eigenvalue weighted by Crippen LogP contribution is -2.35. The molecule has 0 radical (unpaired) electrons. The number of thioether (sulfide) groups is 1. The SMILES string of the molecule is C[C@H](NC(=O)COC(=O)CN1CCSC1=O)c1ccc2c(c1)OCO2. The lowest BCUT2D eigenvalue weighted by Gasteiger charge is -2.16. The average molecular weight is 366 g/mol. The molecule has 3 rings (SSSR count). The number of esters is 1. The first-order valence-electron chi connectivity index (χ1n) is 7.79. The second-order valence-corrected chi connectivity index (χ2v) is 6.64. The van der Waals surface area contributed by atoms with Gasteiger partial charge in [0.1, 0.15) is 6.54 Å². The van der Waals surface area contributed by atoms with E-state index in [1.807, 2.05) is 13.0 Å². The number of hydrogen-bond donors (Lipinski definition) is 1. The Morgan fingerprint density at radius 1 is 1.36 bits per heavy atom. The molecule has 1 aromatic carbocycles. The van der Waals surface area contributed by atoms with Gasteiger partial charge in [0.25, 0.3) is 11.1 Å². The van der Waals surface area contributed by atoms with Crippen molar-refractivity contribution in [3.05, 3.63) is 23.8 Å². The molecular formula is C16H18N2O6S. The van der Waals surface area contributed by atoms with E-state index >= 15 is 0 Å². The highest BCUT2D eigenvalue weighted by molar-refractivity contribution is 8.13. The first-order valence-corrected chi connectivity index (χ1v) is 8.78. The van der Waals surface area contributed by atoms with Crippen molar-refractivity contribution < 1.29 is 28.6 Å². The molecule has 0 spiro atoms. The van der Waals surface area contributed by atoms with E-state index in [1.165, 1.54) is 16.7 Å². The van der Waals surface area contributed by atoms with Crippen LogP contribution in [0.2, 0.25) is 0 Å². The Bertz CT molecular complexity index is 695. The van der Waals surface area contributed by atoms with Crippen LogP contribution in [0.25, 0.3) is 0 Å². The summed E-state index contributed by atoms with van der Waals surface area (Å²) in [6, 6.07) is 5.14. The number of ether oxygens (including phenoxy) is 3. The molecule has 2 amide bonds. The van der Waals surface area contributed by atoms with E-state index in [-0.39, 0.29) is 31.2 Å². The van der Waals surface area contributed by atoms with Crippen LogP contribution in [-0.2, 0) is 14.3 Å². The first kappa shape index (κ1) is 17.4. The maximum absolute atomic E-state index is 11.9. The molecule has 134 valence electrons. The fourth-order valence-corrected chi connectivity index (χ4v) is 3.29. The quantitative estimate of drug-likeness (QED) is 0.759. The van der Waals surface area contributed by atoms with Crippen LogP contribution in [-0.4, -0.2) is 54.3 Å². The van der Waals surface area contributed by atoms with Crippen molar-refractivity contribution in [1.82, 2.24) is 10.2 Å². The van der Waals surface area contributed by atoms with E-state index in [0.29, 0.717) is 23.8 Å². The van der Waals surface area contributed by atoms with Crippen molar-refractivity contribution in [1.29, 1.82) is 0 Å². The highest BCUT2D eigenvalue weighted by Gasteiger charge is 2.24. The zero-order valence-corrected chi connectivity index (χ0v) is 14.5. The number of benzene rings is 1. The molecule has 1 atom stereocenters. The summed E-state index contributed by atoms with van der Waals surface area (Å²) in [4.78, 5) is 36.5. The fourth-order valence-electron chi connectivity index (χ4n) is 2.47. The van der Waals surface area contributed by atoms with Gasteiger partial charge in [0.05, 0.1) is 6.04 Å². The Kier molecular flexibility index (Phi) is 5.32. The van der Waals surface area contributed by atoms with Gasteiger partial charge in [-0.15, -0.1) is 0 Å². The van der Waals surface area contributed by atoms with Gasteiger partial charge < -0.3 is 24.4 Å². The molecule has 9 heteroatoms. The fraction of sp³-hybridized carbons (Fsp3) is 0.438. The average Bonchev–Trinajstić information content (AvgIpc) is 3.21. The lowest BCUT2D eigenvalue weighted by molar-refractivity contribution is -0.149. The molecular weight excluding hydrogens is 348 g/mol. The Hall–Kier alpha value is -2.42. The number of nitrogens with one attached hydrogen (secondary N) is 1. The van der Waals surface area contributed by atoms with Gasteiger partial charge in [-0.2, -0.15) is 0 Å². The van der Waals surface area contributed by atoms with Gasteiger partial charge in [0.15, 0.2) is 18.1 Å². The maximum atomic E-state index is 11.9. The Labute approximate surface area is 148 Å². The standard InChI is InChI=1S/C16H18N2O6S/c1-10(11-2-3-12-13(6-11)24-9-23-12)17-14(19)8-22-15(20)7-18-4-5-25-16(18)21/h2-3,6,10H,4-5,7-9H2,1H3,(H,17,19)/t10-/m0/s1. The molecule has 8 nitrogen and oxygen atoms in total. The second kappa shape index (κ2) is 7.64. The highest BCUT2D eigenvalue weighted by Crippen LogP contribution is 2.34. The molecule has 0 saturated carbocycles. The Morgan fingerprint density at radius 2 is 2.16 bits per heavy atom. The summed E-state index contributed by atoms with van der Waals surface area (Å²) in [7, 11) is 0. The van der Waals surface area contributed by atoms with E-state index in [0.717, 1.165) is 5.56 Å². The molecule has 25 heavy (non-hydrogen) atoms. The number of amides is 2. The van der Waals surface area contributed by atoms with Crippen LogP contribution in [0.4, 0.5) is 4.79 Å². The van der Waals surface area contributed by atoms with Crippen molar-refractivity contribution in [3.8, 4) is 11.5 Å². The normalized spacial score (nSPS) is 16.7. The molecule has 1 fully saturated rings. The summed E-state index contributed by atoms with van der Waals surface area (Å²) in [5, 5.41) is 2.61. The predicted molar refractivity (Wildman–Crippen MR) is 89.5 cm³/mol. The van der Waals surface area contributed by atoms with E-state index in [1.54, 1.807) is 12.1 Å². The summed E-state index contributed by atoms with van der Waals surface area (Å²) in [5.74, 6) is 0.964. The van der Waals surface area contributed by atoms with Gasteiger partial charge in [0, 0.05) is 12.3 Å². The largest absolute Gasteiger partial charge is 0.454 e. The van der Waals surface area contributed by atoms with Crippen molar-refractivity contribution in [2.24, 2.45) is 0 Å². The number of fused-ring (bicyclic) bond motifs is 1. The molecule has 0 aromatic heterocycles. The van der Waals surface area contributed by atoms with Gasteiger partial charge >= 0.3 is 5.97 Å². The topological polar surface area (TPSA) is 94.2 Å². The van der Waals surface area contributed by atoms with Gasteiger partial charge in [0.2, 0.25) is 6.79 Å². The van der Waals surface area contributed by atoms with E-state index in [4.69, 9.17) is 14.2 Å². The van der Waals surface area contributed by atoms with Crippen molar-refractivity contribution >= 4 is 28.9 Å². The minimum absolute atomic E-state index is 0.128. The molecule has 2 aliphatic rings. The molecule has 0 aliphatic carbocycles. The number of carbonyl (C=O) groups excluding carboxylic acids is 3. The second-order valence-electron chi connectivity index (χ2n) is 5.60. The maximum Gasteiger partial charge on any atom is 0.326 e. The minimum atomic E-state index is -0.596. The van der Waals surface area contributed by atoms with E-state index < -0.39 is 11.9 Å². The minimum Gasteiger partial charge on any atom is -0.454 e. The summed E-state index contributed by atoms with van der Waals surface area (Å²) >= 11 is 1.17. The van der Waals surface area contributed by atoms with Crippen LogP contribution >= 0.6 is 11.8 Å². The number of hydrogen-bond acceptors (Lipinski definition) is 7. The van der Waals surface area contributed by atoms with Crippen LogP contribution in [0.5, 0.6) is 11.5 Å². The zero-order valence-electron chi connectivity index (χ0n) is 13.6. The lowest BCUT2D eigenvalue weighted by atomic mass is 10.1. The molecule has 1 aromatic rings. The zero-order chi connectivity index (χ0) is 17.8. The van der Waals surface area contributed by atoms with E-state index in [2.05, 4.69) is 5.32 Å². The van der Waals surface area contributed by atoms with Crippen molar-refractivity contribution in [2.45, 2.75) is 13.0 Å². The third kappa shape index (κ3) is 4.36. The molecule has 0 bridgehead atoms. The number of nitrogens with zero attached hydrogens (tertiary/aromatic N) is 1. The van der Waals surface area contributed by atoms with Crippen LogP contribution in [0.3, 0.4) is 0 Å². The summed E-state index contributed by atoms with van der Waals surface area (Å²) in [5.41, 5.74) is 0.851. The highest BCUT2D eigenvalue weighted by atomic mass is 32.2. The molecule has 2 heterocycles. The number of rotatable bonds is 6. The van der Waals surface area contributed by atoms with Gasteiger partial charge in [-0.1, -0.05) is 17.8 Å². The monoisotopic (exact) mass is 366 g/mol. The molecule has 1 saturated heterocycles. The van der Waals surface area contributed by atoms with Crippen LogP contribution in [0.15, 0.2) is 18.2 Å². The number of carbonyl (C=O) groups is 3. The smallest absolute Gasteiger partial charge is 0.326 e. The summed E-state index contributed by atoms with van der Waals surface area (Å²) in [6.07, 6.45) is 0. The van der Waals surface area contributed by atoms with Crippen molar-refractivity contribution in [3.63, 3.8) is 0 Å². The van der Waals surface area contributed by atoms with Gasteiger partial charge in [-0.25, -0.2) is 0 Å². The molecule has 0 unspecified atom stereocenters. The molecule has 2 aliphatic heterocycles. The third-order valence-corrected chi connectivity index (χ3v) is 4.70. The van der Waals surface area contributed by atoms with E-state index in [9.17, 15) is 14.4 Å². The Balaban J connectivity index is 1.44. The van der Waals surface area contributed by atoms with Crippen molar-refractivity contribution in [2.75, 3.05) is 32.2 Å². The summed E-state index contributed by atoms with van der Waals surface area (Å²) < 4.78 is 15.5. The third-order valence-electron chi connectivity index (χ3n) is 3.80.